The number of aromatic amines is 1. The quantitative estimate of drug-likeness (QED) is 0.547. The smallest absolute Gasteiger partial charge is 0.256 e. The Kier molecular flexibility index (Phi) is 6.56. The molecule has 166 valence electrons. The third-order valence-corrected chi connectivity index (χ3v) is 6.67. The average Bonchev–Trinajstić information content (AvgIpc) is 3.24. The summed E-state index contributed by atoms with van der Waals surface area (Å²) in [5, 5.41) is 2.89. The molecule has 2 amide bonds. The Morgan fingerprint density at radius 1 is 1.19 bits per heavy atom. The van der Waals surface area contributed by atoms with Crippen molar-refractivity contribution in [1.82, 2.24) is 14.8 Å². The molecular weight excluding hydrogens is 399 g/mol. The highest BCUT2D eigenvalue weighted by Gasteiger charge is 2.28. The number of amides is 2. The fourth-order valence-corrected chi connectivity index (χ4v) is 4.67. The third-order valence-electron chi connectivity index (χ3n) is 6.67. The largest absolute Gasteiger partial charge is 0.358 e. The van der Waals surface area contributed by atoms with Crippen molar-refractivity contribution >= 4 is 42.5 Å². The lowest BCUT2D eigenvalue weighted by molar-refractivity contribution is -0.110. The maximum atomic E-state index is 13.5. The zero-order valence-corrected chi connectivity index (χ0v) is 19.3. The van der Waals surface area contributed by atoms with Gasteiger partial charge in [-0.1, -0.05) is 31.4 Å². The van der Waals surface area contributed by atoms with Gasteiger partial charge >= 0.3 is 0 Å². The summed E-state index contributed by atoms with van der Waals surface area (Å²) in [6.45, 7) is 10.6. The molecule has 0 saturated heterocycles. The van der Waals surface area contributed by atoms with Crippen molar-refractivity contribution in [3.63, 3.8) is 0 Å². The van der Waals surface area contributed by atoms with Crippen LogP contribution in [0, 0.1) is 6.92 Å². The molecule has 3 heterocycles. The number of carbonyl (C=O) groups is 2. The lowest BCUT2D eigenvalue weighted by atomic mass is 9.92. The zero-order chi connectivity index (χ0) is 22.8. The number of anilines is 1. The van der Waals surface area contributed by atoms with Crippen molar-refractivity contribution in [2.75, 3.05) is 38.0 Å². The molecule has 0 unspecified atom stereocenters. The van der Waals surface area contributed by atoms with Crippen LogP contribution < -0.4 is 10.8 Å². The molecule has 2 radical (unpaired) electrons. The highest BCUT2D eigenvalue weighted by molar-refractivity contribution is 6.37. The number of hydrogen-bond acceptors (Lipinski definition) is 3. The van der Waals surface area contributed by atoms with Gasteiger partial charge in [-0.15, -0.1) is 0 Å². The van der Waals surface area contributed by atoms with E-state index in [0.29, 0.717) is 11.0 Å². The average molecular weight is 430 g/mol. The van der Waals surface area contributed by atoms with Crippen LogP contribution in [-0.4, -0.2) is 67.2 Å². The first-order valence-corrected chi connectivity index (χ1v) is 11.6. The van der Waals surface area contributed by atoms with E-state index in [0.717, 1.165) is 85.8 Å². The molecule has 4 rings (SSSR count). The number of hydrogen-bond donors (Lipinski definition) is 2. The second kappa shape index (κ2) is 9.37. The van der Waals surface area contributed by atoms with Gasteiger partial charge in [-0.2, -0.15) is 0 Å². The topological polar surface area (TPSA) is 68.4 Å². The van der Waals surface area contributed by atoms with Gasteiger partial charge in [0.15, 0.2) is 0 Å². The second-order valence-electron chi connectivity index (χ2n) is 8.61. The number of aromatic nitrogens is 1. The van der Waals surface area contributed by atoms with Crippen LogP contribution in [0.1, 0.15) is 59.6 Å². The fourth-order valence-electron chi connectivity index (χ4n) is 4.67. The van der Waals surface area contributed by atoms with Crippen LogP contribution in [0.15, 0.2) is 18.2 Å². The van der Waals surface area contributed by atoms with Crippen molar-refractivity contribution in [3.8, 4) is 0 Å². The van der Waals surface area contributed by atoms with Crippen LogP contribution in [-0.2, 0) is 11.2 Å². The maximum absolute atomic E-state index is 13.5. The molecule has 32 heavy (non-hydrogen) atoms. The number of fused-ring (bicyclic) bond motifs is 2. The zero-order valence-electron chi connectivity index (χ0n) is 19.3. The highest BCUT2D eigenvalue weighted by atomic mass is 16.2. The summed E-state index contributed by atoms with van der Waals surface area (Å²) in [6.07, 6.45) is 4.71. The Bertz CT molecular complexity index is 1070. The minimum Gasteiger partial charge on any atom is -0.358 e. The Balaban J connectivity index is 1.67. The molecule has 0 spiro atoms. The van der Waals surface area contributed by atoms with Crippen LogP contribution in [0.2, 0.25) is 0 Å². The lowest BCUT2D eigenvalue weighted by Crippen LogP contribution is -2.40. The Hall–Kier alpha value is -2.80. The number of aryl methyl sites for hydroxylation is 1. The number of nitrogens with one attached hydrogen (secondary N) is 2. The maximum Gasteiger partial charge on any atom is 0.256 e. The second-order valence-corrected chi connectivity index (χ2v) is 8.61. The van der Waals surface area contributed by atoms with Gasteiger partial charge in [0.2, 0.25) is 0 Å². The van der Waals surface area contributed by atoms with Crippen molar-refractivity contribution in [2.45, 2.75) is 40.0 Å². The molecule has 0 fully saturated rings. The number of benzene rings is 1. The van der Waals surface area contributed by atoms with Gasteiger partial charge in [-0.05, 0) is 57.0 Å². The molecule has 7 heteroatoms. The summed E-state index contributed by atoms with van der Waals surface area (Å²) < 4.78 is 0. The number of rotatable bonds is 6. The first-order valence-electron chi connectivity index (χ1n) is 11.6. The minimum atomic E-state index is -0.154. The van der Waals surface area contributed by atoms with E-state index in [1.807, 2.05) is 30.0 Å². The standard InChI is InChI=1S/C25H31BN4O2/c1-4-29(5-2)12-13-30-11-7-6-8-21-23(25(30)32)16(3)22(27-21)15-19-18-14-17(26)9-10-20(18)28-24(19)31/h9-10,14-15,27H,4-8,11-13H2,1-3H3,(H,28,31)/b19-15-. The molecule has 0 saturated carbocycles. The summed E-state index contributed by atoms with van der Waals surface area (Å²) in [7, 11) is 5.95. The number of H-pyrrole nitrogens is 1. The van der Waals surface area contributed by atoms with Gasteiger partial charge in [0, 0.05) is 42.3 Å². The molecule has 2 aliphatic rings. The molecule has 0 bridgehead atoms. The van der Waals surface area contributed by atoms with Gasteiger partial charge in [0.1, 0.15) is 7.85 Å². The molecule has 0 atom stereocenters. The number of likely N-dealkylation sites (N-methyl/N-ethyl adjacent to an activating group) is 1. The van der Waals surface area contributed by atoms with Gasteiger partial charge < -0.3 is 20.1 Å². The van der Waals surface area contributed by atoms with Crippen molar-refractivity contribution in [3.05, 3.63) is 46.3 Å². The normalized spacial score (nSPS) is 17.4. The van der Waals surface area contributed by atoms with E-state index in [1.54, 1.807) is 6.07 Å². The van der Waals surface area contributed by atoms with Crippen molar-refractivity contribution < 1.29 is 9.59 Å². The number of carbonyl (C=O) groups excluding carboxylic acids is 2. The molecule has 2 N–H and O–H groups in total. The van der Waals surface area contributed by atoms with Crippen molar-refractivity contribution in [2.24, 2.45) is 0 Å². The molecule has 1 aromatic heterocycles. The van der Waals surface area contributed by atoms with Crippen LogP contribution in [0.25, 0.3) is 11.6 Å². The van der Waals surface area contributed by atoms with E-state index in [9.17, 15) is 9.59 Å². The van der Waals surface area contributed by atoms with Gasteiger partial charge in [-0.25, -0.2) is 0 Å². The van der Waals surface area contributed by atoms with E-state index in [2.05, 4.69) is 29.0 Å². The Labute approximate surface area is 191 Å². The van der Waals surface area contributed by atoms with Crippen LogP contribution in [0.5, 0.6) is 0 Å². The van der Waals surface area contributed by atoms with E-state index in [1.165, 1.54) is 0 Å². The molecule has 2 aliphatic heterocycles. The summed E-state index contributed by atoms with van der Waals surface area (Å²) in [4.78, 5) is 33.9. The minimum absolute atomic E-state index is 0.0887. The summed E-state index contributed by atoms with van der Waals surface area (Å²) in [6, 6.07) is 5.41. The summed E-state index contributed by atoms with van der Waals surface area (Å²) in [5.74, 6) is -0.0648. The predicted octanol–water partition coefficient (Wildman–Crippen LogP) is 2.73. The summed E-state index contributed by atoms with van der Waals surface area (Å²) >= 11 is 0. The number of nitrogens with zero attached hydrogens (tertiary/aromatic N) is 2. The molecule has 6 nitrogen and oxygen atoms in total. The molecule has 1 aromatic carbocycles. The van der Waals surface area contributed by atoms with Gasteiger partial charge in [-0.3, -0.25) is 9.59 Å². The molecular formula is C25H31BN4O2. The van der Waals surface area contributed by atoms with Gasteiger partial charge in [0.25, 0.3) is 11.8 Å². The van der Waals surface area contributed by atoms with Crippen LogP contribution in [0.3, 0.4) is 0 Å². The Morgan fingerprint density at radius 2 is 1.97 bits per heavy atom. The Morgan fingerprint density at radius 3 is 2.72 bits per heavy atom. The predicted molar refractivity (Wildman–Crippen MR) is 130 cm³/mol. The SMILES string of the molecule is [B]c1ccc2c(c1)/C(=C/c1[nH]c3c(c1C)C(=O)N(CCN(CC)CC)CCCC3)C(=O)N2. The molecule has 0 aliphatic carbocycles. The van der Waals surface area contributed by atoms with E-state index >= 15 is 0 Å². The van der Waals surface area contributed by atoms with Crippen LogP contribution in [0.4, 0.5) is 5.69 Å². The van der Waals surface area contributed by atoms with Crippen LogP contribution >= 0.6 is 0 Å². The monoisotopic (exact) mass is 430 g/mol. The first kappa shape index (κ1) is 22.4. The third kappa shape index (κ3) is 4.26. The molecule has 2 aromatic rings. The van der Waals surface area contributed by atoms with E-state index in [-0.39, 0.29) is 11.8 Å². The highest BCUT2D eigenvalue weighted by Crippen LogP contribution is 2.34. The van der Waals surface area contributed by atoms with Gasteiger partial charge in [0.05, 0.1) is 11.1 Å². The lowest BCUT2D eigenvalue weighted by Gasteiger charge is -2.28. The fraction of sp³-hybridized carbons (Fsp3) is 0.440. The summed E-state index contributed by atoms with van der Waals surface area (Å²) in [5.41, 5.74) is 6.18. The van der Waals surface area contributed by atoms with Crippen molar-refractivity contribution in [1.29, 1.82) is 0 Å². The first-order chi connectivity index (χ1) is 15.4. The van der Waals surface area contributed by atoms with E-state index in [4.69, 9.17) is 7.85 Å². The van der Waals surface area contributed by atoms with E-state index < -0.39 is 0 Å².